The second kappa shape index (κ2) is 8.85. The van der Waals surface area contributed by atoms with Crippen molar-refractivity contribution in [2.75, 3.05) is 6.61 Å². The van der Waals surface area contributed by atoms with Gasteiger partial charge in [-0.25, -0.2) is 0 Å². The number of nitrogens with one attached hydrogen (secondary N) is 1. The zero-order valence-corrected chi connectivity index (χ0v) is 10.7. The van der Waals surface area contributed by atoms with Crippen LogP contribution in [0, 0.1) is 0 Å². The summed E-state index contributed by atoms with van der Waals surface area (Å²) >= 11 is 0. The van der Waals surface area contributed by atoms with Gasteiger partial charge in [0.1, 0.15) is 0 Å². The monoisotopic (exact) mass is 237 g/mol. The average Bonchev–Trinajstić information content (AvgIpc) is 2.35. The number of ether oxygens (including phenoxy) is 1. The van der Waals surface area contributed by atoms with Crippen LogP contribution < -0.4 is 10.3 Å². The van der Waals surface area contributed by atoms with Gasteiger partial charge in [-0.15, -0.1) is 0 Å². The summed E-state index contributed by atoms with van der Waals surface area (Å²) in [5.74, 6) is 0.429. The molecular formula is C14H23NO2. The molecule has 3 nitrogen and oxygen atoms in total. The Balaban J connectivity index is 2.01. The first-order valence-electron chi connectivity index (χ1n) is 6.65. The van der Waals surface area contributed by atoms with Gasteiger partial charge in [0, 0.05) is 6.20 Å². The Kier molecular flexibility index (Phi) is 7.19. The zero-order chi connectivity index (χ0) is 12.3. The van der Waals surface area contributed by atoms with Gasteiger partial charge in [0.15, 0.2) is 5.75 Å². The Morgan fingerprint density at radius 2 is 1.82 bits per heavy atom. The van der Waals surface area contributed by atoms with E-state index in [2.05, 4.69) is 11.9 Å². The lowest BCUT2D eigenvalue weighted by Gasteiger charge is -2.04. The van der Waals surface area contributed by atoms with E-state index in [1.54, 1.807) is 18.3 Å². The third-order valence-electron chi connectivity index (χ3n) is 2.79. The Labute approximate surface area is 103 Å². The van der Waals surface area contributed by atoms with Gasteiger partial charge >= 0.3 is 0 Å². The fourth-order valence-electron chi connectivity index (χ4n) is 1.76. The third-order valence-corrected chi connectivity index (χ3v) is 2.79. The summed E-state index contributed by atoms with van der Waals surface area (Å²) in [5.41, 5.74) is -0.143. The van der Waals surface area contributed by atoms with Gasteiger partial charge in [0.25, 0.3) is 5.56 Å². The molecule has 0 unspecified atom stereocenters. The molecule has 0 atom stereocenters. The van der Waals surface area contributed by atoms with E-state index in [9.17, 15) is 4.79 Å². The highest BCUT2D eigenvalue weighted by molar-refractivity contribution is 5.15. The van der Waals surface area contributed by atoms with E-state index in [4.69, 9.17) is 4.74 Å². The molecule has 3 heteroatoms. The predicted molar refractivity (Wildman–Crippen MR) is 70.6 cm³/mol. The molecule has 0 saturated carbocycles. The molecule has 0 fully saturated rings. The summed E-state index contributed by atoms with van der Waals surface area (Å²) in [7, 11) is 0. The van der Waals surface area contributed by atoms with Crippen LogP contribution >= 0.6 is 0 Å². The van der Waals surface area contributed by atoms with Crippen molar-refractivity contribution in [2.24, 2.45) is 0 Å². The number of pyridine rings is 1. The largest absolute Gasteiger partial charge is 0.488 e. The second-order valence-electron chi connectivity index (χ2n) is 4.33. The highest BCUT2D eigenvalue weighted by atomic mass is 16.5. The number of hydrogen-bond donors (Lipinski definition) is 1. The maximum absolute atomic E-state index is 11.3. The summed E-state index contributed by atoms with van der Waals surface area (Å²) < 4.78 is 5.42. The molecule has 1 aromatic heterocycles. The highest BCUT2D eigenvalue weighted by Crippen LogP contribution is 2.07. The van der Waals surface area contributed by atoms with Gasteiger partial charge in [-0.2, -0.15) is 0 Å². The first-order valence-corrected chi connectivity index (χ1v) is 6.65. The second-order valence-corrected chi connectivity index (χ2v) is 4.33. The topological polar surface area (TPSA) is 42.1 Å². The number of hydrogen-bond acceptors (Lipinski definition) is 2. The number of aromatic nitrogens is 1. The molecule has 0 aliphatic rings. The lowest BCUT2D eigenvalue weighted by atomic mass is 10.1. The van der Waals surface area contributed by atoms with Crippen molar-refractivity contribution in [3.63, 3.8) is 0 Å². The first-order chi connectivity index (χ1) is 8.34. The van der Waals surface area contributed by atoms with E-state index in [0.29, 0.717) is 12.4 Å². The lowest BCUT2D eigenvalue weighted by Crippen LogP contribution is -2.10. The van der Waals surface area contributed by atoms with Crippen molar-refractivity contribution in [1.82, 2.24) is 4.98 Å². The smallest absolute Gasteiger partial charge is 0.290 e. The zero-order valence-electron chi connectivity index (χ0n) is 10.7. The number of H-pyrrole nitrogens is 1. The molecule has 0 radical (unpaired) electrons. The summed E-state index contributed by atoms with van der Waals surface area (Å²) in [6.07, 6.45) is 10.4. The molecule has 96 valence electrons. The van der Waals surface area contributed by atoms with Crippen molar-refractivity contribution in [3.05, 3.63) is 28.7 Å². The van der Waals surface area contributed by atoms with Crippen LogP contribution in [0.2, 0.25) is 0 Å². The number of aromatic amines is 1. The van der Waals surface area contributed by atoms with Gasteiger partial charge in [-0.3, -0.25) is 4.79 Å². The van der Waals surface area contributed by atoms with Gasteiger partial charge < -0.3 is 9.72 Å². The van der Waals surface area contributed by atoms with E-state index >= 15 is 0 Å². The normalized spacial score (nSPS) is 10.4. The van der Waals surface area contributed by atoms with Gasteiger partial charge in [0.2, 0.25) is 0 Å². The van der Waals surface area contributed by atoms with E-state index in [1.165, 1.54) is 38.5 Å². The Morgan fingerprint density at radius 1 is 1.12 bits per heavy atom. The van der Waals surface area contributed by atoms with Crippen molar-refractivity contribution in [3.8, 4) is 5.75 Å². The summed E-state index contributed by atoms with van der Waals surface area (Å²) in [6.45, 7) is 2.87. The van der Waals surface area contributed by atoms with Crippen molar-refractivity contribution >= 4 is 0 Å². The van der Waals surface area contributed by atoms with Crippen molar-refractivity contribution in [2.45, 2.75) is 51.9 Å². The van der Waals surface area contributed by atoms with Crippen LogP contribution in [0.25, 0.3) is 0 Å². The van der Waals surface area contributed by atoms with Crippen LogP contribution in [-0.2, 0) is 0 Å². The van der Waals surface area contributed by atoms with Gasteiger partial charge in [0.05, 0.1) is 6.61 Å². The quantitative estimate of drug-likeness (QED) is 0.668. The van der Waals surface area contributed by atoms with Gasteiger partial charge in [-0.1, -0.05) is 45.4 Å². The fraction of sp³-hybridized carbons (Fsp3) is 0.643. The minimum atomic E-state index is -0.143. The molecule has 0 aliphatic carbocycles. The maximum atomic E-state index is 11.3. The molecule has 1 aromatic rings. The molecule has 0 aliphatic heterocycles. The van der Waals surface area contributed by atoms with E-state index in [-0.39, 0.29) is 5.56 Å². The Morgan fingerprint density at radius 3 is 2.53 bits per heavy atom. The van der Waals surface area contributed by atoms with Crippen molar-refractivity contribution in [1.29, 1.82) is 0 Å². The molecule has 1 N–H and O–H groups in total. The van der Waals surface area contributed by atoms with Crippen LogP contribution in [0.4, 0.5) is 0 Å². The average molecular weight is 237 g/mol. The van der Waals surface area contributed by atoms with Crippen LogP contribution in [0.1, 0.15) is 51.9 Å². The minimum absolute atomic E-state index is 0.143. The van der Waals surface area contributed by atoms with Gasteiger partial charge in [-0.05, 0) is 18.6 Å². The molecule has 17 heavy (non-hydrogen) atoms. The molecule has 0 saturated heterocycles. The highest BCUT2D eigenvalue weighted by Gasteiger charge is 1.98. The summed E-state index contributed by atoms with van der Waals surface area (Å²) in [5, 5.41) is 0. The molecule has 0 amide bonds. The fourth-order valence-corrected chi connectivity index (χ4v) is 1.76. The molecule has 0 aromatic carbocycles. The van der Waals surface area contributed by atoms with Crippen LogP contribution in [-0.4, -0.2) is 11.6 Å². The Bertz CT molecular complexity index is 346. The SMILES string of the molecule is CCCCCCCCCOc1ccc[nH]c1=O. The molecule has 0 bridgehead atoms. The summed E-state index contributed by atoms with van der Waals surface area (Å²) in [4.78, 5) is 13.9. The van der Waals surface area contributed by atoms with Crippen LogP contribution in [0.15, 0.2) is 23.1 Å². The predicted octanol–water partition coefficient (Wildman–Crippen LogP) is 3.50. The molecule has 1 rings (SSSR count). The van der Waals surface area contributed by atoms with E-state index in [0.717, 1.165) is 6.42 Å². The Hall–Kier alpha value is -1.25. The standard InChI is InChI=1S/C14H23NO2/c1-2-3-4-5-6-7-8-12-17-13-10-9-11-15-14(13)16/h9-11H,2-8,12H2,1H3,(H,15,16). The summed E-state index contributed by atoms with van der Waals surface area (Å²) in [6, 6.07) is 3.49. The lowest BCUT2D eigenvalue weighted by molar-refractivity contribution is 0.300. The number of unbranched alkanes of at least 4 members (excludes halogenated alkanes) is 6. The minimum Gasteiger partial charge on any atom is -0.488 e. The van der Waals surface area contributed by atoms with E-state index < -0.39 is 0 Å². The first kappa shape index (κ1) is 13.8. The molecule has 1 heterocycles. The van der Waals surface area contributed by atoms with Crippen LogP contribution in [0.5, 0.6) is 5.75 Å². The molecular weight excluding hydrogens is 214 g/mol. The van der Waals surface area contributed by atoms with E-state index in [1.807, 2.05) is 0 Å². The molecule has 0 spiro atoms. The van der Waals surface area contributed by atoms with Crippen molar-refractivity contribution < 1.29 is 4.74 Å². The maximum Gasteiger partial charge on any atom is 0.290 e. The van der Waals surface area contributed by atoms with Crippen LogP contribution in [0.3, 0.4) is 0 Å². The third kappa shape index (κ3) is 6.15. The number of rotatable bonds is 9.